The lowest BCUT2D eigenvalue weighted by Crippen LogP contribution is -1.84. The molecule has 0 aliphatic heterocycles. The van der Waals surface area contributed by atoms with Crippen LogP contribution >= 0.6 is 27.3 Å². The number of thiophene rings is 1. The first-order chi connectivity index (χ1) is 4.84. The molecule has 1 heterocycles. The van der Waals surface area contributed by atoms with Gasteiger partial charge in [-0.2, -0.15) is 11.3 Å². The summed E-state index contributed by atoms with van der Waals surface area (Å²) in [5.41, 5.74) is 1.42. The summed E-state index contributed by atoms with van der Waals surface area (Å²) in [5, 5.41) is 4.33. The minimum atomic E-state index is 0.573. The van der Waals surface area contributed by atoms with Crippen LogP contribution in [0.15, 0.2) is 16.8 Å². The van der Waals surface area contributed by atoms with E-state index in [1.54, 1.807) is 11.3 Å². The lowest BCUT2D eigenvalue weighted by Gasteiger charge is -2.03. The van der Waals surface area contributed by atoms with E-state index >= 15 is 0 Å². The van der Waals surface area contributed by atoms with Crippen molar-refractivity contribution >= 4 is 27.3 Å². The summed E-state index contributed by atoms with van der Waals surface area (Å²) >= 11 is 5.40. The molecule has 10 heavy (non-hydrogen) atoms. The number of hydrogen-bond donors (Lipinski definition) is 0. The Balaban J connectivity index is 2.50. The third kappa shape index (κ3) is 2.10. The van der Waals surface area contributed by atoms with E-state index in [-0.39, 0.29) is 0 Å². The summed E-state index contributed by atoms with van der Waals surface area (Å²) in [7, 11) is 0. The number of hydrogen-bond acceptors (Lipinski definition) is 1. The highest BCUT2D eigenvalue weighted by molar-refractivity contribution is 9.09. The maximum atomic E-state index is 3.63. The van der Waals surface area contributed by atoms with Crippen molar-refractivity contribution in [1.29, 1.82) is 0 Å². The molecular weight excluding hydrogens is 208 g/mol. The smallest absolute Gasteiger partial charge is 0.0403 e. The Morgan fingerprint density at radius 1 is 1.70 bits per heavy atom. The van der Waals surface area contributed by atoms with Gasteiger partial charge in [-0.15, -0.1) is 0 Å². The standard InChI is InChI=1S/C8H11BrS/c1-2-3-8(9)7-4-5-10-6-7/h4-6,8H,2-3H2,1H3. The maximum absolute atomic E-state index is 3.63. The third-order valence-electron chi connectivity index (χ3n) is 1.45. The Morgan fingerprint density at radius 3 is 3.00 bits per heavy atom. The second-order valence-electron chi connectivity index (χ2n) is 2.31. The first kappa shape index (κ1) is 8.28. The molecule has 1 aromatic rings. The first-order valence-electron chi connectivity index (χ1n) is 3.50. The van der Waals surface area contributed by atoms with E-state index in [4.69, 9.17) is 0 Å². The van der Waals surface area contributed by atoms with Crippen molar-refractivity contribution < 1.29 is 0 Å². The first-order valence-corrected chi connectivity index (χ1v) is 5.36. The van der Waals surface area contributed by atoms with E-state index in [1.165, 1.54) is 18.4 Å². The van der Waals surface area contributed by atoms with Crippen molar-refractivity contribution in [3.05, 3.63) is 22.4 Å². The van der Waals surface area contributed by atoms with Crippen LogP contribution in [0.3, 0.4) is 0 Å². The van der Waals surface area contributed by atoms with Crippen LogP contribution < -0.4 is 0 Å². The fourth-order valence-electron chi connectivity index (χ4n) is 0.873. The van der Waals surface area contributed by atoms with E-state index in [9.17, 15) is 0 Å². The van der Waals surface area contributed by atoms with Gasteiger partial charge in [0.15, 0.2) is 0 Å². The van der Waals surface area contributed by atoms with Gasteiger partial charge in [0.25, 0.3) is 0 Å². The van der Waals surface area contributed by atoms with E-state index in [1.807, 2.05) is 0 Å². The summed E-state index contributed by atoms with van der Waals surface area (Å²) < 4.78 is 0. The van der Waals surface area contributed by atoms with Crippen LogP contribution in [0.4, 0.5) is 0 Å². The average molecular weight is 219 g/mol. The van der Waals surface area contributed by atoms with E-state index in [0.717, 1.165) is 0 Å². The summed E-state index contributed by atoms with van der Waals surface area (Å²) in [4.78, 5) is 0.573. The summed E-state index contributed by atoms with van der Waals surface area (Å²) in [6.45, 7) is 2.21. The van der Waals surface area contributed by atoms with Gasteiger partial charge >= 0.3 is 0 Å². The highest BCUT2D eigenvalue weighted by Gasteiger charge is 2.04. The normalized spacial score (nSPS) is 13.4. The summed E-state index contributed by atoms with van der Waals surface area (Å²) in [5.74, 6) is 0. The molecule has 2 heteroatoms. The lowest BCUT2D eigenvalue weighted by molar-refractivity contribution is 0.790. The molecule has 0 fully saturated rings. The predicted molar refractivity (Wildman–Crippen MR) is 50.9 cm³/mol. The predicted octanol–water partition coefficient (Wildman–Crippen LogP) is 3.98. The monoisotopic (exact) mass is 218 g/mol. The van der Waals surface area contributed by atoms with Gasteiger partial charge in [-0.3, -0.25) is 0 Å². The second-order valence-corrected chi connectivity index (χ2v) is 4.20. The molecule has 0 bridgehead atoms. The Kier molecular flexibility index (Phi) is 3.43. The van der Waals surface area contributed by atoms with Gasteiger partial charge in [-0.05, 0) is 28.8 Å². The fraction of sp³-hybridized carbons (Fsp3) is 0.500. The molecule has 1 unspecified atom stereocenters. The van der Waals surface area contributed by atoms with Crippen molar-refractivity contribution in [3.8, 4) is 0 Å². The van der Waals surface area contributed by atoms with E-state index in [2.05, 4.69) is 39.7 Å². The highest BCUT2D eigenvalue weighted by atomic mass is 79.9. The van der Waals surface area contributed by atoms with Crippen LogP contribution in [0.2, 0.25) is 0 Å². The molecule has 1 aromatic heterocycles. The van der Waals surface area contributed by atoms with Crippen LogP contribution in [0, 0.1) is 0 Å². The molecule has 0 spiro atoms. The minimum absolute atomic E-state index is 0.573. The van der Waals surface area contributed by atoms with Gasteiger partial charge in [-0.25, -0.2) is 0 Å². The number of rotatable bonds is 3. The summed E-state index contributed by atoms with van der Waals surface area (Å²) in [6, 6.07) is 2.18. The second kappa shape index (κ2) is 4.14. The topological polar surface area (TPSA) is 0 Å². The minimum Gasteiger partial charge on any atom is -0.152 e. The quantitative estimate of drug-likeness (QED) is 0.674. The molecule has 0 saturated heterocycles. The van der Waals surface area contributed by atoms with Crippen LogP contribution in [0.5, 0.6) is 0 Å². The molecule has 0 saturated carbocycles. The van der Waals surface area contributed by atoms with Crippen molar-refractivity contribution in [1.82, 2.24) is 0 Å². The van der Waals surface area contributed by atoms with Gasteiger partial charge in [0.1, 0.15) is 0 Å². The van der Waals surface area contributed by atoms with Crippen LogP contribution in [0.25, 0.3) is 0 Å². The summed E-state index contributed by atoms with van der Waals surface area (Å²) in [6.07, 6.45) is 2.47. The zero-order valence-electron chi connectivity index (χ0n) is 6.01. The third-order valence-corrected chi connectivity index (χ3v) is 3.13. The van der Waals surface area contributed by atoms with Crippen molar-refractivity contribution in [3.63, 3.8) is 0 Å². The van der Waals surface area contributed by atoms with E-state index < -0.39 is 0 Å². The van der Waals surface area contributed by atoms with Gasteiger partial charge in [0.2, 0.25) is 0 Å². The Hall–Kier alpha value is 0.180. The molecule has 0 aliphatic carbocycles. The van der Waals surface area contributed by atoms with Crippen molar-refractivity contribution in [2.45, 2.75) is 24.6 Å². The van der Waals surface area contributed by atoms with Crippen LogP contribution in [-0.2, 0) is 0 Å². The molecule has 1 atom stereocenters. The molecule has 0 N–H and O–H groups in total. The highest BCUT2D eigenvalue weighted by Crippen LogP contribution is 2.28. The maximum Gasteiger partial charge on any atom is 0.0403 e. The molecule has 0 radical (unpaired) electrons. The van der Waals surface area contributed by atoms with Gasteiger partial charge in [0, 0.05) is 4.83 Å². The number of halogens is 1. The lowest BCUT2D eigenvalue weighted by atomic mass is 10.2. The SMILES string of the molecule is CCCC(Br)c1ccsc1. The van der Waals surface area contributed by atoms with Crippen molar-refractivity contribution in [2.75, 3.05) is 0 Å². The van der Waals surface area contributed by atoms with Crippen LogP contribution in [0.1, 0.15) is 30.2 Å². The molecule has 1 rings (SSSR count). The Labute approximate surface area is 74.4 Å². The van der Waals surface area contributed by atoms with Crippen molar-refractivity contribution in [2.24, 2.45) is 0 Å². The fourth-order valence-corrected chi connectivity index (χ4v) is 2.51. The van der Waals surface area contributed by atoms with Crippen LogP contribution in [-0.4, -0.2) is 0 Å². The zero-order valence-corrected chi connectivity index (χ0v) is 8.41. The average Bonchev–Trinajstić information content (AvgIpc) is 2.38. The Morgan fingerprint density at radius 2 is 2.50 bits per heavy atom. The molecule has 0 aliphatic rings. The molecule has 0 nitrogen and oxygen atoms in total. The largest absolute Gasteiger partial charge is 0.152 e. The number of alkyl halides is 1. The molecule has 0 amide bonds. The van der Waals surface area contributed by atoms with Gasteiger partial charge in [0.05, 0.1) is 0 Å². The molecule has 56 valence electrons. The Bertz CT molecular complexity index is 169. The van der Waals surface area contributed by atoms with Gasteiger partial charge in [-0.1, -0.05) is 29.3 Å². The van der Waals surface area contributed by atoms with Gasteiger partial charge < -0.3 is 0 Å². The van der Waals surface area contributed by atoms with E-state index in [0.29, 0.717) is 4.83 Å². The molecular formula is C8H11BrS. The molecule has 0 aromatic carbocycles. The zero-order chi connectivity index (χ0) is 7.40.